The van der Waals surface area contributed by atoms with Gasteiger partial charge in [0.05, 0.1) is 11.0 Å². The molecule has 140 valence electrons. The summed E-state index contributed by atoms with van der Waals surface area (Å²) in [5, 5.41) is 2.77. The molecule has 1 aliphatic rings. The smallest absolute Gasteiger partial charge is 0.242 e. The van der Waals surface area contributed by atoms with Gasteiger partial charge in [-0.05, 0) is 30.2 Å². The van der Waals surface area contributed by atoms with Crippen molar-refractivity contribution in [2.75, 3.05) is 17.6 Å². The molecule has 1 saturated heterocycles. The Kier molecular flexibility index (Phi) is 6.53. The molecule has 1 N–H and O–H groups in total. The number of hydrogen-bond donors (Lipinski definition) is 1. The van der Waals surface area contributed by atoms with Crippen molar-refractivity contribution in [3.05, 3.63) is 65.2 Å². The molecule has 3 rings (SSSR count). The van der Waals surface area contributed by atoms with E-state index in [-0.39, 0.29) is 29.9 Å². The zero-order valence-electron chi connectivity index (χ0n) is 14.6. The predicted octanol–water partition coefficient (Wildman–Crippen LogP) is 3.38. The summed E-state index contributed by atoms with van der Waals surface area (Å²) in [5.41, 5.74) is 1.68. The highest BCUT2D eigenvalue weighted by atomic mass is 35.5. The second-order valence-electron chi connectivity index (χ2n) is 6.18. The molecule has 0 aromatic heterocycles. The number of nitrogens with zero attached hydrogens (tertiary/aromatic N) is 1. The third kappa shape index (κ3) is 5.34. The van der Waals surface area contributed by atoms with E-state index in [2.05, 4.69) is 5.32 Å². The van der Waals surface area contributed by atoms with Gasteiger partial charge in [-0.2, -0.15) is 0 Å². The number of halogens is 1. The van der Waals surface area contributed by atoms with Crippen molar-refractivity contribution in [3.63, 3.8) is 0 Å². The van der Waals surface area contributed by atoms with Gasteiger partial charge >= 0.3 is 0 Å². The molecule has 1 fully saturated rings. The maximum atomic E-state index is 12.5. The SMILES string of the molecule is O=C(CS[C@H]1CC(=O)N(CCc2ccccc2)C1=O)Nc1cccc(Cl)c1. The number of carbonyl (C=O) groups is 3. The maximum absolute atomic E-state index is 12.5. The molecular weight excluding hydrogens is 384 g/mol. The van der Waals surface area contributed by atoms with Crippen LogP contribution in [0.5, 0.6) is 0 Å². The molecular formula is C20H19ClN2O3S. The summed E-state index contributed by atoms with van der Waals surface area (Å²) >= 11 is 7.09. The lowest BCUT2D eigenvalue weighted by atomic mass is 10.1. The van der Waals surface area contributed by atoms with Crippen LogP contribution in [0.3, 0.4) is 0 Å². The summed E-state index contributed by atoms with van der Waals surface area (Å²) < 4.78 is 0. The molecule has 27 heavy (non-hydrogen) atoms. The molecule has 7 heteroatoms. The summed E-state index contributed by atoms with van der Waals surface area (Å²) in [6, 6.07) is 16.6. The van der Waals surface area contributed by atoms with Crippen molar-refractivity contribution in [3.8, 4) is 0 Å². The quantitative estimate of drug-likeness (QED) is 0.721. The van der Waals surface area contributed by atoms with Gasteiger partial charge in [-0.1, -0.05) is 48.0 Å². The van der Waals surface area contributed by atoms with Gasteiger partial charge in [0.1, 0.15) is 0 Å². The average Bonchev–Trinajstić information content (AvgIpc) is 2.92. The molecule has 2 aromatic rings. The first kappa shape index (κ1) is 19.5. The van der Waals surface area contributed by atoms with Gasteiger partial charge in [0.15, 0.2) is 0 Å². The van der Waals surface area contributed by atoms with Gasteiger partial charge in [-0.25, -0.2) is 0 Å². The predicted molar refractivity (Wildman–Crippen MR) is 108 cm³/mol. The first-order chi connectivity index (χ1) is 13.0. The Labute approximate surface area is 167 Å². The van der Waals surface area contributed by atoms with Crippen LogP contribution in [0.25, 0.3) is 0 Å². The van der Waals surface area contributed by atoms with Crippen molar-refractivity contribution in [1.82, 2.24) is 4.90 Å². The molecule has 0 aliphatic carbocycles. The van der Waals surface area contributed by atoms with Gasteiger partial charge in [-0.3, -0.25) is 19.3 Å². The number of rotatable bonds is 7. The molecule has 0 spiro atoms. The lowest BCUT2D eigenvalue weighted by Crippen LogP contribution is -2.33. The van der Waals surface area contributed by atoms with E-state index in [1.54, 1.807) is 24.3 Å². The topological polar surface area (TPSA) is 66.5 Å². The zero-order valence-corrected chi connectivity index (χ0v) is 16.1. The first-order valence-electron chi connectivity index (χ1n) is 8.58. The molecule has 0 radical (unpaired) electrons. The Morgan fingerprint density at radius 3 is 2.67 bits per heavy atom. The lowest BCUT2D eigenvalue weighted by Gasteiger charge is -2.14. The van der Waals surface area contributed by atoms with Crippen molar-refractivity contribution < 1.29 is 14.4 Å². The molecule has 5 nitrogen and oxygen atoms in total. The van der Waals surface area contributed by atoms with Gasteiger partial charge in [-0.15, -0.1) is 11.8 Å². The molecule has 3 amide bonds. The lowest BCUT2D eigenvalue weighted by molar-refractivity contribution is -0.138. The number of thioether (sulfide) groups is 1. The van der Waals surface area contributed by atoms with Crippen molar-refractivity contribution >= 4 is 46.8 Å². The Morgan fingerprint density at radius 2 is 1.93 bits per heavy atom. The minimum absolute atomic E-state index is 0.0999. The van der Waals surface area contributed by atoms with E-state index in [9.17, 15) is 14.4 Å². The normalized spacial score (nSPS) is 16.6. The first-order valence-corrected chi connectivity index (χ1v) is 10.0. The molecule has 0 unspecified atom stereocenters. The van der Waals surface area contributed by atoms with Crippen LogP contribution >= 0.6 is 23.4 Å². The van der Waals surface area contributed by atoms with E-state index >= 15 is 0 Å². The molecule has 0 saturated carbocycles. The third-order valence-electron chi connectivity index (χ3n) is 4.19. The maximum Gasteiger partial charge on any atom is 0.242 e. The highest BCUT2D eigenvalue weighted by Gasteiger charge is 2.38. The van der Waals surface area contributed by atoms with Crippen molar-refractivity contribution in [2.45, 2.75) is 18.1 Å². The van der Waals surface area contributed by atoms with Crippen LogP contribution in [0.1, 0.15) is 12.0 Å². The second kappa shape index (κ2) is 9.06. The molecule has 1 heterocycles. The number of imide groups is 1. The molecule has 0 bridgehead atoms. The monoisotopic (exact) mass is 402 g/mol. The van der Waals surface area contributed by atoms with Crippen molar-refractivity contribution in [1.29, 1.82) is 0 Å². The number of carbonyl (C=O) groups excluding carboxylic acids is 3. The Bertz CT molecular complexity index is 844. The van der Waals surface area contributed by atoms with Crippen LogP contribution in [0.4, 0.5) is 5.69 Å². The van der Waals surface area contributed by atoms with Gasteiger partial charge < -0.3 is 5.32 Å². The minimum atomic E-state index is -0.501. The molecule has 2 aromatic carbocycles. The third-order valence-corrected chi connectivity index (χ3v) is 5.63. The fourth-order valence-electron chi connectivity index (χ4n) is 2.84. The van der Waals surface area contributed by atoms with Crippen molar-refractivity contribution in [2.24, 2.45) is 0 Å². The standard InChI is InChI=1S/C20H19ClN2O3S/c21-15-7-4-8-16(11-15)22-18(24)13-27-17-12-19(25)23(20(17)26)10-9-14-5-2-1-3-6-14/h1-8,11,17H,9-10,12-13H2,(H,22,24)/t17-/m0/s1. The van der Waals surface area contributed by atoms with Crippen LogP contribution in [-0.2, 0) is 20.8 Å². The Hall–Kier alpha value is -2.31. The van der Waals surface area contributed by atoms with E-state index in [0.29, 0.717) is 23.7 Å². The van der Waals surface area contributed by atoms with Crippen LogP contribution in [0, 0.1) is 0 Å². The second-order valence-corrected chi connectivity index (χ2v) is 7.81. The van der Waals surface area contributed by atoms with E-state index in [1.165, 1.54) is 16.7 Å². The number of nitrogens with one attached hydrogen (secondary N) is 1. The number of benzene rings is 2. The van der Waals surface area contributed by atoms with Crippen LogP contribution in [0.15, 0.2) is 54.6 Å². The minimum Gasteiger partial charge on any atom is -0.325 e. The zero-order chi connectivity index (χ0) is 19.2. The highest BCUT2D eigenvalue weighted by Crippen LogP contribution is 2.26. The van der Waals surface area contributed by atoms with E-state index in [4.69, 9.17) is 11.6 Å². The van der Waals surface area contributed by atoms with Gasteiger partial charge in [0.25, 0.3) is 0 Å². The van der Waals surface area contributed by atoms with Gasteiger partial charge in [0, 0.05) is 23.7 Å². The fraction of sp³-hybridized carbons (Fsp3) is 0.250. The molecule has 1 aliphatic heterocycles. The van der Waals surface area contributed by atoms with E-state index in [1.807, 2.05) is 30.3 Å². The largest absolute Gasteiger partial charge is 0.325 e. The summed E-state index contributed by atoms with van der Waals surface area (Å²) in [7, 11) is 0. The van der Waals surface area contributed by atoms with E-state index < -0.39 is 5.25 Å². The average molecular weight is 403 g/mol. The summed E-state index contributed by atoms with van der Waals surface area (Å²) in [6.45, 7) is 0.369. The molecule has 1 atom stereocenters. The fourth-order valence-corrected chi connectivity index (χ4v) is 3.99. The number of likely N-dealkylation sites (tertiary alicyclic amines) is 1. The number of anilines is 1. The van der Waals surface area contributed by atoms with Crippen LogP contribution in [0.2, 0.25) is 5.02 Å². The number of hydrogen-bond acceptors (Lipinski definition) is 4. The van der Waals surface area contributed by atoms with Crippen LogP contribution in [-0.4, -0.2) is 40.2 Å². The van der Waals surface area contributed by atoms with Gasteiger partial charge in [0.2, 0.25) is 17.7 Å². The number of amides is 3. The summed E-state index contributed by atoms with van der Waals surface area (Å²) in [6.07, 6.45) is 0.772. The van der Waals surface area contributed by atoms with E-state index in [0.717, 1.165) is 5.56 Å². The Morgan fingerprint density at radius 1 is 1.15 bits per heavy atom. The van der Waals surface area contributed by atoms with Crippen LogP contribution < -0.4 is 5.32 Å². The summed E-state index contributed by atoms with van der Waals surface area (Å²) in [4.78, 5) is 38.0. The Balaban J connectivity index is 1.48. The summed E-state index contributed by atoms with van der Waals surface area (Å²) in [5.74, 6) is -0.520. The highest BCUT2D eigenvalue weighted by molar-refractivity contribution is 8.01.